The van der Waals surface area contributed by atoms with E-state index in [1.54, 1.807) is 19.1 Å². The number of imide groups is 2. The van der Waals surface area contributed by atoms with Crippen molar-refractivity contribution in [2.45, 2.75) is 51.4 Å². The lowest BCUT2D eigenvalue weighted by Crippen LogP contribution is -2.48. The molecule has 0 unspecified atom stereocenters. The first-order valence-electron chi connectivity index (χ1n) is 15.5. The van der Waals surface area contributed by atoms with Crippen molar-refractivity contribution in [3.8, 4) is 11.5 Å². The second-order valence-corrected chi connectivity index (χ2v) is 14.1. The van der Waals surface area contributed by atoms with E-state index in [9.17, 15) is 33.5 Å². The second kappa shape index (κ2) is 12.4. The molecule has 0 spiro atoms. The molecule has 2 heterocycles. The average Bonchev–Trinajstić information content (AvgIpc) is 3.39. The maximum Gasteiger partial charge on any atom is 0.303 e. The van der Waals surface area contributed by atoms with Gasteiger partial charge in [-0.25, -0.2) is 9.29 Å². The fraction of sp³-hybridized carbons (Fsp3) is 0.441. The number of halogens is 3. The maximum absolute atomic E-state index is 14.5. The number of aromatic hydroxyl groups is 1. The highest BCUT2D eigenvalue weighted by atomic mass is 79.9. The van der Waals surface area contributed by atoms with Crippen LogP contribution in [-0.2, 0) is 24.0 Å². The third kappa shape index (κ3) is 5.24. The number of amides is 4. The number of phenolic OH excluding ortho intramolecular Hbond substituents is 1. The van der Waals surface area contributed by atoms with E-state index in [4.69, 9.17) is 21.4 Å². The zero-order chi connectivity index (χ0) is 33.9. The lowest BCUT2D eigenvalue weighted by molar-refractivity contribution is -0.141. The van der Waals surface area contributed by atoms with Gasteiger partial charge in [-0.1, -0.05) is 29.7 Å². The van der Waals surface area contributed by atoms with E-state index in [1.165, 1.54) is 24.1 Å². The van der Waals surface area contributed by atoms with Crippen molar-refractivity contribution in [2.24, 2.45) is 29.1 Å². The van der Waals surface area contributed by atoms with Crippen LogP contribution in [0.4, 0.5) is 10.1 Å². The summed E-state index contributed by atoms with van der Waals surface area (Å²) in [6.45, 7) is 1.89. The largest absolute Gasteiger partial charge is 0.503 e. The molecule has 2 aromatic carbocycles. The molecule has 6 rings (SSSR count). The number of carbonyl (C=O) groups is 5. The molecule has 4 amide bonds. The number of carboxylic acid groups (broad SMARTS) is 1. The summed E-state index contributed by atoms with van der Waals surface area (Å²) >= 11 is 9.45. The van der Waals surface area contributed by atoms with Gasteiger partial charge in [-0.05, 0) is 90.4 Å². The maximum atomic E-state index is 14.5. The number of hydrogen-bond donors (Lipinski definition) is 2. The van der Waals surface area contributed by atoms with Gasteiger partial charge < -0.3 is 14.9 Å². The molecule has 2 saturated heterocycles. The number of phenols is 1. The van der Waals surface area contributed by atoms with Gasteiger partial charge in [-0.15, -0.1) is 0 Å². The predicted octanol–water partition coefficient (Wildman–Crippen LogP) is 5.83. The standard InChI is InChI=1S/C34H33BrClFN2O8/c1-34-21(31(44)39(33(34)46)17-7-10-24(37)23(36)14-17)15-20-18(28(34)16-12-22(35)29(42)25(13-16)47-2)8-9-19-27(20)32(45)38(30(19)43)11-5-3-4-6-26(40)41/h7-8,10,12-14,19-21,27-28,42H,3-6,9,11,15H2,1-2H3,(H,40,41)/t19-,20+,21-,27-,28-,34+/m0/s1. The molecule has 1 saturated carbocycles. The summed E-state index contributed by atoms with van der Waals surface area (Å²) in [6, 6.07) is 6.93. The molecule has 0 aromatic heterocycles. The summed E-state index contributed by atoms with van der Waals surface area (Å²) < 4.78 is 19.8. The number of rotatable bonds is 9. The number of unbranched alkanes of at least 4 members (excludes halogenated alkanes) is 2. The minimum atomic E-state index is -1.36. The Labute approximate surface area is 283 Å². The molecule has 13 heteroatoms. The number of fused-ring (bicyclic) bond motifs is 4. The number of allylic oxidation sites excluding steroid dienone is 2. The van der Waals surface area contributed by atoms with E-state index < -0.39 is 58.6 Å². The van der Waals surface area contributed by atoms with Crippen LogP contribution in [0.3, 0.4) is 0 Å². The first kappa shape index (κ1) is 33.1. The van der Waals surface area contributed by atoms with Crippen molar-refractivity contribution < 1.29 is 43.3 Å². The smallest absolute Gasteiger partial charge is 0.303 e. The minimum Gasteiger partial charge on any atom is -0.503 e. The number of aliphatic carboxylic acids is 1. The molecule has 2 N–H and O–H groups in total. The molecule has 0 radical (unpaired) electrons. The molecule has 2 aliphatic heterocycles. The molecule has 2 aromatic rings. The van der Waals surface area contributed by atoms with E-state index in [2.05, 4.69) is 15.9 Å². The summed E-state index contributed by atoms with van der Waals surface area (Å²) in [5, 5.41) is 19.3. The molecule has 47 heavy (non-hydrogen) atoms. The van der Waals surface area contributed by atoms with Crippen molar-refractivity contribution in [1.29, 1.82) is 0 Å². The quantitative estimate of drug-likeness (QED) is 0.187. The van der Waals surface area contributed by atoms with E-state index in [0.29, 0.717) is 29.3 Å². The molecule has 0 bridgehead atoms. The number of anilines is 1. The third-order valence-corrected chi connectivity index (χ3v) is 11.3. The monoisotopic (exact) mass is 730 g/mol. The predicted molar refractivity (Wildman–Crippen MR) is 171 cm³/mol. The molecule has 3 fully saturated rings. The number of carboxylic acids is 1. The molecule has 4 aliphatic rings. The Bertz CT molecular complexity index is 1750. The summed E-state index contributed by atoms with van der Waals surface area (Å²) in [4.78, 5) is 69.6. The summed E-state index contributed by atoms with van der Waals surface area (Å²) in [7, 11) is 1.40. The van der Waals surface area contributed by atoms with Crippen LogP contribution >= 0.6 is 27.5 Å². The lowest BCUT2D eigenvalue weighted by Gasteiger charge is -2.49. The molecule has 6 atom stereocenters. The summed E-state index contributed by atoms with van der Waals surface area (Å²) in [5.74, 6) is -6.81. The van der Waals surface area contributed by atoms with Crippen molar-refractivity contribution >= 4 is 62.8 Å². The highest BCUT2D eigenvalue weighted by Gasteiger charge is 2.67. The normalized spacial score (nSPS) is 28.3. The van der Waals surface area contributed by atoms with Crippen molar-refractivity contribution in [1.82, 2.24) is 4.90 Å². The number of benzene rings is 2. The zero-order valence-electron chi connectivity index (χ0n) is 25.7. The first-order valence-corrected chi connectivity index (χ1v) is 16.6. The van der Waals surface area contributed by atoms with Crippen LogP contribution in [0, 0.1) is 34.9 Å². The molecular formula is C34H33BrClFN2O8. The van der Waals surface area contributed by atoms with Crippen molar-refractivity contribution in [3.05, 3.63) is 62.9 Å². The zero-order valence-corrected chi connectivity index (χ0v) is 28.0. The van der Waals surface area contributed by atoms with Crippen molar-refractivity contribution in [3.63, 3.8) is 0 Å². The third-order valence-electron chi connectivity index (χ3n) is 10.4. The van der Waals surface area contributed by atoms with E-state index in [0.717, 1.165) is 16.5 Å². The van der Waals surface area contributed by atoms with Crippen LogP contribution in [0.1, 0.15) is 56.9 Å². The number of methoxy groups -OCH3 is 1. The molecule has 2 aliphatic carbocycles. The summed E-state index contributed by atoms with van der Waals surface area (Å²) in [6.07, 6.45) is 3.79. The van der Waals surface area contributed by atoms with Gasteiger partial charge in [0.25, 0.3) is 0 Å². The number of carbonyl (C=O) groups excluding carboxylic acids is 4. The Morgan fingerprint density at radius 3 is 2.51 bits per heavy atom. The van der Waals surface area contributed by atoms with Gasteiger partial charge >= 0.3 is 5.97 Å². The van der Waals surface area contributed by atoms with Crippen molar-refractivity contribution in [2.75, 3.05) is 18.6 Å². The number of nitrogens with zero attached hydrogens (tertiary/aromatic N) is 2. The fourth-order valence-corrected chi connectivity index (χ4v) is 8.82. The van der Waals surface area contributed by atoms with E-state index >= 15 is 0 Å². The van der Waals surface area contributed by atoms with Gasteiger partial charge in [-0.2, -0.15) is 0 Å². The van der Waals surface area contributed by atoms with E-state index in [1.807, 2.05) is 6.08 Å². The molecular weight excluding hydrogens is 699 g/mol. The van der Waals surface area contributed by atoms with Gasteiger partial charge in [0, 0.05) is 18.9 Å². The topological polar surface area (TPSA) is 142 Å². The van der Waals surface area contributed by atoms with Gasteiger partial charge in [0.15, 0.2) is 11.5 Å². The first-order chi connectivity index (χ1) is 22.3. The van der Waals surface area contributed by atoms with Gasteiger partial charge in [0.1, 0.15) is 5.82 Å². The fourth-order valence-electron chi connectivity index (χ4n) is 8.19. The Morgan fingerprint density at radius 1 is 1.09 bits per heavy atom. The minimum absolute atomic E-state index is 0.0100. The number of hydrogen-bond acceptors (Lipinski definition) is 7. The van der Waals surface area contributed by atoms with Crippen LogP contribution in [0.25, 0.3) is 0 Å². The number of ether oxygens (including phenoxy) is 1. The molecule has 10 nitrogen and oxygen atoms in total. The van der Waals surface area contributed by atoms with Crippen LogP contribution in [0.15, 0.2) is 46.5 Å². The Kier molecular flexibility index (Phi) is 8.71. The average molecular weight is 732 g/mol. The Balaban J connectivity index is 1.42. The van der Waals surface area contributed by atoms with Crippen LogP contribution in [0.2, 0.25) is 5.02 Å². The Hall–Kier alpha value is -3.77. The highest BCUT2D eigenvalue weighted by Crippen LogP contribution is 2.64. The summed E-state index contributed by atoms with van der Waals surface area (Å²) in [5.41, 5.74) is 0.0976. The number of likely N-dealkylation sites (tertiary alicyclic amines) is 1. The second-order valence-electron chi connectivity index (χ2n) is 12.8. The van der Waals surface area contributed by atoms with Crippen LogP contribution in [0.5, 0.6) is 11.5 Å². The molecule has 248 valence electrons. The van der Waals surface area contributed by atoms with Crippen LogP contribution in [-0.4, -0.2) is 58.4 Å². The van der Waals surface area contributed by atoms with Gasteiger partial charge in [0.2, 0.25) is 23.6 Å². The lowest BCUT2D eigenvalue weighted by atomic mass is 9.51. The SMILES string of the molecule is COc1cc([C@H]2C3=CC[C@@H]4C(=O)N(CCCCCC(=O)O)C(=O)[C@@H]4[C@@H]3C[C@H]3C(=O)N(c4ccc(F)c(Cl)c4)C(=O)[C@@]23C)cc(Br)c1O. The van der Waals surface area contributed by atoms with Gasteiger partial charge in [-0.3, -0.25) is 28.9 Å². The van der Waals surface area contributed by atoms with E-state index in [-0.39, 0.29) is 59.8 Å². The highest BCUT2D eigenvalue weighted by molar-refractivity contribution is 9.10. The van der Waals surface area contributed by atoms with Crippen LogP contribution < -0.4 is 9.64 Å². The Morgan fingerprint density at radius 2 is 1.83 bits per heavy atom. The van der Waals surface area contributed by atoms with Gasteiger partial charge in [0.05, 0.1) is 45.5 Å².